The number of benzene rings is 2. The Balaban J connectivity index is 1.43. The topological polar surface area (TPSA) is 89.5 Å². The van der Waals surface area contributed by atoms with Crippen LogP contribution in [-0.4, -0.2) is 44.7 Å². The van der Waals surface area contributed by atoms with Gasteiger partial charge < -0.3 is 0 Å². The van der Waals surface area contributed by atoms with Crippen LogP contribution in [-0.2, 0) is 6.15 Å². The fraction of sp³-hybridized carbons (Fsp3) is 0.222. The molecule has 0 radical (unpaired) electrons. The van der Waals surface area contributed by atoms with E-state index in [9.17, 15) is 9.59 Å². The van der Waals surface area contributed by atoms with E-state index in [4.69, 9.17) is 25.1 Å². The minimum atomic E-state index is -3.91. The fourth-order valence-electron chi connectivity index (χ4n) is 2.63. The molecule has 2 aromatic carbocycles. The third-order valence-electron chi connectivity index (χ3n) is 3.89. The monoisotopic (exact) mass is 480 g/mol. The quantitative estimate of drug-likeness (QED) is 0.620. The van der Waals surface area contributed by atoms with Crippen molar-refractivity contribution >= 4 is 31.1 Å². The van der Waals surface area contributed by atoms with E-state index in [0.717, 1.165) is 0 Å². The standard InChI is InChI=1S/2C8H6O4.2CH3.Sn/c2*9-8(10)5-1-2-6-7(3-5)12-4-11-6;;;/h2*1-3H,4H2,(H,9,10);2*1H3;/q;;;;+2/p-2. The molecule has 2 heterocycles. The van der Waals surface area contributed by atoms with Gasteiger partial charge in [-0.15, -0.1) is 0 Å². The van der Waals surface area contributed by atoms with Crippen molar-refractivity contribution in [3.63, 3.8) is 0 Å². The molecule has 27 heavy (non-hydrogen) atoms. The summed E-state index contributed by atoms with van der Waals surface area (Å²) in [5.74, 6) is 0.983. The first-order valence-electron chi connectivity index (χ1n) is 8.17. The molecule has 2 aliphatic rings. The maximum atomic E-state index is 12.4. The first-order chi connectivity index (χ1) is 12.9. The predicted octanol–water partition coefficient (Wildman–Crippen LogP) is 2.86. The second-order valence-electron chi connectivity index (χ2n) is 6.31. The summed E-state index contributed by atoms with van der Waals surface area (Å²) >= 11 is -3.91. The molecule has 8 nitrogen and oxygen atoms in total. The summed E-state index contributed by atoms with van der Waals surface area (Å²) in [5, 5.41) is 0. The van der Waals surface area contributed by atoms with Gasteiger partial charge in [-0.1, -0.05) is 0 Å². The fourth-order valence-corrected chi connectivity index (χ4v) is 5.97. The van der Waals surface area contributed by atoms with Gasteiger partial charge in [-0.25, -0.2) is 0 Å². The van der Waals surface area contributed by atoms with Crippen LogP contribution >= 0.6 is 0 Å². The number of hydrogen-bond acceptors (Lipinski definition) is 8. The van der Waals surface area contributed by atoms with Crippen molar-refractivity contribution in [1.82, 2.24) is 0 Å². The van der Waals surface area contributed by atoms with Crippen LogP contribution in [0.4, 0.5) is 0 Å². The Morgan fingerprint density at radius 1 is 0.741 bits per heavy atom. The molecule has 0 amide bonds. The third kappa shape index (κ3) is 3.75. The van der Waals surface area contributed by atoms with Crippen molar-refractivity contribution in [3.8, 4) is 23.0 Å². The second-order valence-corrected chi connectivity index (χ2v) is 15.5. The second kappa shape index (κ2) is 6.84. The van der Waals surface area contributed by atoms with E-state index in [0.29, 0.717) is 34.1 Å². The van der Waals surface area contributed by atoms with Crippen molar-refractivity contribution in [1.29, 1.82) is 0 Å². The van der Waals surface area contributed by atoms with Gasteiger partial charge in [-0.05, 0) is 0 Å². The minimum absolute atomic E-state index is 0.117. The summed E-state index contributed by atoms with van der Waals surface area (Å²) < 4.78 is 32.0. The number of carbonyl (C=O) groups is 2. The first kappa shape index (κ1) is 17.8. The van der Waals surface area contributed by atoms with E-state index in [2.05, 4.69) is 0 Å². The molecule has 0 N–H and O–H groups in total. The van der Waals surface area contributed by atoms with Crippen molar-refractivity contribution in [2.45, 2.75) is 9.88 Å². The molecule has 0 saturated heterocycles. The molecule has 0 bridgehead atoms. The summed E-state index contributed by atoms with van der Waals surface area (Å²) in [5.41, 5.74) is 0.617. The molecule has 0 aliphatic carbocycles. The van der Waals surface area contributed by atoms with Gasteiger partial charge in [0.2, 0.25) is 0 Å². The molecule has 0 fully saturated rings. The number of fused-ring (bicyclic) bond motifs is 2. The van der Waals surface area contributed by atoms with E-state index < -0.39 is 31.1 Å². The first-order valence-corrected chi connectivity index (χ1v) is 16.2. The zero-order valence-electron chi connectivity index (χ0n) is 14.6. The van der Waals surface area contributed by atoms with Crippen LogP contribution < -0.4 is 18.9 Å². The van der Waals surface area contributed by atoms with Crippen LogP contribution in [0.2, 0.25) is 9.88 Å². The Labute approximate surface area is 159 Å². The van der Waals surface area contributed by atoms with Gasteiger partial charge in [0.1, 0.15) is 0 Å². The van der Waals surface area contributed by atoms with Crippen molar-refractivity contribution in [3.05, 3.63) is 47.5 Å². The van der Waals surface area contributed by atoms with Crippen LogP contribution in [0.15, 0.2) is 36.4 Å². The van der Waals surface area contributed by atoms with Gasteiger partial charge in [0.05, 0.1) is 0 Å². The summed E-state index contributed by atoms with van der Waals surface area (Å²) in [6, 6.07) is 9.54. The molecule has 0 saturated carbocycles. The number of carbonyl (C=O) groups excluding carboxylic acids is 2. The molecule has 0 aromatic heterocycles. The van der Waals surface area contributed by atoms with E-state index >= 15 is 0 Å². The maximum absolute atomic E-state index is 12.4. The number of hydrogen-bond donors (Lipinski definition) is 0. The van der Waals surface area contributed by atoms with Crippen LogP contribution in [0.25, 0.3) is 0 Å². The summed E-state index contributed by atoms with van der Waals surface area (Å²) in [7, 11) is 0. The van der Waals surface area contributed by atoms with E-state index in [1.54, 1.807) is 46.3 Å². The van der Waals surface area contributed by atoms with Crippen molar-refractivity contribution in [2.24, 2.45) is 0 Å². The van der Waals surface area contributed by atoms with Gasteiger partial charge in [0.15, 0.2) is 0 Å². The van der Waals surface area contributed by atoms with E-state index in [1.165, 1.54) is 0 Å². The van der Waals surface area contributed by atoms with Crippen LogP contribution in [0.3, 0.4) is 0 Å². The average molecular weight is 479 g/mol. The van der Waals surface area contributed by atoms with E-state index in [-0.39, 0.29) is 13.6 Å². The summed E-state index contributed by atoms with van der Waals surface area (Å²) in [6.45, 7) is 0.234. The molecule has 0 spiro atoms. The normalized spacial score (nSPS) is 14.0. The van der Waals surface area contributed by atoms with Crippen molar-refractivity contribution < 1.29 is 34.7 Å². The van der Waals surface area contributed by atoms with Crippen LogP contribution in [0.5, 0.6) is 23.0 Å². The molecule has 0 atom stereocenters. The molecular formula is C18H16O8Sn. The molecule has 140 valence electrons. The molecule has 9 heteroatoms. The average Bonchev–Trinajstić information content (AvgIpc) is 3.28. The SMILES string of the molecule is [CH3][Sn]([CH3])([O]C(=O)c1ccc2c(c1)OCO2)[O]C(=O)c1ccc2c(c1)OCO2. The molecular weight excluding hydrogens is 463 g/mol. The van der Waals surface area contributed by atoms with Gasteiger partial charge in [0.25, 0.3) is 0 Å². The molecule has 0 unspecified atom stereocenters. The summed E-state index contributed by atoms with van der Waals surface area (Å²) in [4.78, 5) is 28.2. The Hall–Kier alpha value is -2.62. The Morgan fingerprint density at radius 3 is 1.59 bits per heavy atom. The van der Waals surface area contributed by atoms with Gasteiger partial charge in [-0.3, -0.25) is 0 Å². The number of rotatable bonds is 4. The van der Waals surface area contributed by atoms with Gasteiger partial charge >= 0.3 is 160 Å². The number of ether oxygens (including phenoxy) is 4. The predicted molar refractivity (Wildman–Crippen MR) is 93.4 cm³/mol. The molecule has 2 aromatic rings. The summed E-state index contributed by atoms with van der Waals surface area (Å²) in [6.07, 6.45) is 0. The Kier molecular flexibility index (Phi) is 4.50. The van der Waals surface area contributed by atoms with E-state index in [1.807, 2.05) is 0 Å². The molecule has 2 aliphatic heterocycles. The van der Waals surface area contributed by atoms with Crippen LogP contribution in [0, 0.1) is 0 Å². The zero-order chi connectivity index (χ0) is 19.0. The van der Waals surface area contributed by atoms with Crippen molar-refractivity contribution in [2.75, 3.05) is 13.6 Å². The van der Waals surface area contributed by atoms with Gasteiger partial charge in [-0.2, -0.15) is 0 Å². The molecule has 4 rings (SSSR count). The Morgan fingerprint density at radius 2 is 1.15 bits per heavy atom. The van der Waals surface area contributed by atoms with Crippen LogP contribution in [0.1, 0.15) is 20.7 Å². The zero-order valence-corrected chi connectivity index (χ0v) is 17.5. The van der Waals surface area contributed by atoms with Gasteiger partial charge in [0, 0.05) is 0 Å². The Bertz CT molecular complexity index is 850. The third-order valence-corrected chi connectivity index (χ3v) is 7.76.